The first-order valence-electron chi connectivity index (χ1n) is 10.3. The topological polar surface area (TPSA) is 73.4 Å². The van der Waals surface area contributed by atoms with Gasteiger partial charge in [0.1, 0.15) is 5.75 Å². The number of aromatic hydroxyl groups is 1. The van der Waals surface area contributed by atoms with E-state index in [1.54, 1.807) is 23.1 Å². The molecule has 148 valence electrons. The standard InChI is InChI=1S/C24H24N2O3/c1-2-3-9-17-23(28)20-13-18-16-10-4-5-11-19(16)25-21(18)22(26(20)24(17)29)14-7-6-8-15(27)12-14/h4-8,10-12,17,20,22,25,27H,2-3,9,13H2,1H3/t17?,20-,22+/m0/s1. The molecular weight excluding hydrogens is 364 g/mol. The lowest BCUT2D eigenvalue weighted by Crippen LogP contribution is -2.44. The average Bonchev–Trinajstić information content (AvgIpc) is 3.20. The number of unbranched alkanes of at least 4 members (excludes halogenated alkanes) is 1. The monoisotopic (exact) mass is 388 g/mol. The normalized spacial score (nSPS) is 23.5. The van der Waals surface area contributed by atoms with Gasteiger partial charge in [-0.2, -0.15) is 0 Å². The lowest BCUT2D eigenvalue weighted by molar-refractivity contribution is -0.134. The number of nitrogens with zero attached hydrogens (tertiary/aromatic N) is 1. The first kappa shape index (κ1) is 18.0. The maximum absolute atomic E-state index is 13.4. The highest BCUT2D eigenvalue weighted by molar-refractivity contribution is 6.11. The lowest BCUT2D eigenvalue weighted by atomic mass is 9.87. The zero-order valence-corrected chi connectivity index (χ0v) is 16.4. The highest BCUT2D eigenvalue weighted by Gasteiger charge is 2.53. The van der Waals surface area contributed by atoms with E-state index in [1.807, 2.05) is 24.3 Å². The minimum absolute atomic E-state index is 0.0459. The molecule has 1 saturated heterocycles. The lowest BCUT2D eigenvalue weighted by Gasteiger charge is -2.37. The van der Waals surface area contributed by atoms with Crippen LogP contribution in [0.15, 0.2) is 48.5 Å². The number of hydrogen-bond acceptors (Lipinski definition) is 3. The number of phenols is 1. The Balaban J connectivity index is 1.69. The largest absolute Gasteiger partial charge is 0.508 e. The number of phenolic OH excluding ortho intramolecular Hbond substituents is 1. The van der Waals surface area contributed by atoms with Crippen LogP contribution in [0, 0.1) is 5.92 Å². The molecule has 1 amide bonds. The number of H-pyrrole nitrogens is 1. The maximum atomic E-state index is 13.4. The third-order valence-electron chi connectivity index (χ3n) is 6.39. The van der Waals surface area contributed by atoms with Gasteiger partial charge in [-0.25, -0.2) is 0 Å². The van der Waals surface area contributed by atoms with Crippen molar-refractivity contribution in [2.75, 3.05) is 0 Å². The number of rotatable bonds is 4. The summed E-state index contributed by atoms with van der Waals surface area (Å²) in [5, 5.41) is 11.2. The van der Waals surface area contributed by atoms with Gasteiger partial charge in [0.25, 0.3) is 0 Å². The van der Waals surface area contributed by atoms with Gasteiger partial charge >= 0.3 is 0 Å². The summed E-state index contributed by atoms with van der Waals surface area (Å²) in [6.45, 7) is 2.07. The smallest absolute Gasteiger partial charge is 0.234 e. The average molecular weight is 388 g/mol. The Morgan fingerprint density at radius 3 is 2.76 bits per heavy atom. The minimum Gasteiger partial charge on any atom is -0.508 e. The van der Waals surface area contributed by atoms with E-state index in [0.717, 1.165) is 40.6 Å². The van der Waals surface area contributed by atoms with Gasteiger partial charge in [0.05, 0.1) is 18.0 Å². The van der Waals surface area contributed by atoms with Gasteiger partial charge in [-0.15, -0.1) is 0 Å². The Labute approximate surface area is 169 Å². The second-order valence-electron chi connectivity index (χ2n) is 8.12. The molecule has 0 bridgehead atoms. The molecule has 1 aromatic heterocycles. The van der Waals surface area contributed by atoms with Gasteiger partial charge in [-0.3, -0.25) is 9.59 Å². The van der Waals surface area contributed by atoms with Gasteiger partial charge in [-0.05, 0) is 35.7 Å². The quantitative estimate of drug-likeness (QED) is 0.661. The van der Waals surface area contributed by atoms with Gasteiger partial charge in [-0.1, -0.05) is 50.1 Å². The number of amides is 1. The van der Waals surface area contributed by atoms with Crippen LogP contribution in [0.25, 0.3) is 10.9 Å². The van der Waals surface area contributed by atoms with E-state index >= 15 is 0 Å². The number of ketones is 1. The molecule has 0 aliphatic carbocycles. The van der Waals surface area contributed by atoms with Crippen molar-refractivity contribution in [2.24, 2.45) is 5.92 Å². The number of fused-ring (bicyclic) bond motifs is 4. The second kappa shape index (κ2) is 6.76. The number of hydrogen-bond donors (Lipinski definition) is 2. The van der Waals surface area contributed by atoms with Crippen molar-refractivity contribution in [1.82, 2.24) is 9.88 Å². The van der Waals surface area contributed by atoms with Crippen molar-refractivity contribution >= 4 is 22.6 Å². The van der Waals surface area contributed by atoms with Crippen LogP contribution in [0.4, 0.5) is 0 Å². The molecule has 29 heavy (non-hydrogen) atoms. The van der Waals surface area contributed by atoms with Crippen molar-refractivity contribution in [3.05, 3.63) is 65.4 Å². The molecule has 5 nitrogen and oxygen atoms in total. The fraction of sp³-hybridized carbons (Fsp3) is 0.333. The minimum atomic E-state index is -0.546. The van der Waals surface area contributed by atoms with Gasteiger partial charge in [0, 0.05) is 23.0 Å². The Morgan fingerprint density at radius 2 is 1.97 bits per heavy atom. The van der Waals surface area contributed by atoms with Crippen LogP contribution in [0.3, 0.4) is 0 Å². The molecular formula is C24H24N2O3. The molecule has 2 aliphatic rings. The van der Waals surface area contributed by atoms with Crippen LogP contribution in [0.5, 0.6) is 5.75 Å². The highest BCUT2D eigenvalue weighted by atomic mass is 16.3. The number of carbonyl (C=O) groups is 2. The van der Waals surface area contributed by atoms with Crippen LogP contribution < -0.4 is 0 Å². The van der Waals surface area contributed by atoms with E-state index < -0.39 is 18.0 Å². The number of nitrogens with one attached hydrogen (secondary N) is 1. The van der Waals surface area contributed by atoms with Crippen molar-refractivity contribution in [2.45, 2.75) is 44.7 Å². The molecule has 5 heteroatoms. The van der Waals surface area contributed by atoms with E-state index in [-0.39, 0.29) is 17.4 Å². The molecule has 3 aromatic rings. The molecule has 3 heterocycles. The molecule has 2 aliphatic heterocycles. The molecule has 0 saturated carbocycles. The number of Topliss-reactive ketones (excluding diaryl/α,β-unsaturated/α-hetero) is 1. The molecule has 3 atom stereocenters. The molecule has 1 fully saturated rings. The van der Waals surface area contributed by atoms with E-state index in [0.29, 0.717) is 12.8 Å². The molecule has 2 aromatic carbocycles. The summed E-state index contributed by atoms with van der Waals surface area (Å²) in [7, 11) is 0. The fourth-order valence-electron chi connectivity index (χ4n) is 5.03. The fourth-order valence-corrected chi connectivity index (χ4v) is 5.03. The van der Waals surface area contributed by atoms with Crippen LogP contribution in [-0.2, 0) is 16.0 Å². The van der Waals surface area contributed by atoms with Gasteiger partial charge < -0.3 is 15.0 Å². The van der Waals surface area contributed by atoms with Gasteiger partial charge in [0.15, 0.2) is 5.78 Å². The number of aromatic nitrogens is 1. The highest BCUT2D eigenvalue weighted by Crippen LogP contribution is 2.45. The van der Waals surface area contributed by atoms with Crippen LogP contribution in [0.2, 0.25) is 0 Å². The predicted octanol–water partition coefficient (Wildman–Crippen LogP) is 4.11. The van der Waals surface area contributed by atoms with E-state index in [4.69, 9.17) is 0 Å². The maximum Gasteiger partial charge on any atom is 0.234 e. The molecule has 1 unspecified atom stereocenters. The molecule has 2 N–H and O–H groups in total. The zero-order valence-electron chi connectivity index (χ0n) is 16.4. The SMILES string of the molecule is CCCCC1C(=O)[C@@H]2Cc3c([nH]c4ccccc34)[C@@H](c3cccc(O)c3)N2C1=O. The van der Waals surface area contributed by atoms with Crippen molar-refractivity contribution in [1.29, 1.82) is 0 Å². The van der Waals surface area contributed by atoms with Crippen molar-refractivity contribution in [3.8, 4) is 5.75 Å². The summed E-state index contributed by atoms with van der Waals surface area (Å²) in [5.74, 6) is -0.423. The third-order valence-corrected chi connectivity index (χ3v) is 6.39. The Morgan fingerprint density at radius 1 is 1.14 bits per heavy atom. The molecule has 5 rings (SSSR count). The van der Waals surface area contributed by atoms with Crippen molar-refractivity contribution < 1.29 is 14.7 Å². The Kier molecular flexibility index (Phi) is 4.19. The third kappa shape index (κ3) is 2.68. The first-order chi connectivity index (χ1) is 14.1. The van der Waals surface area contributed by atoms with Crippen molar-refractivity contribution in [3.63, 3.8) is 0 Å². The van der Waals surface area contributed by atoms with E-state index in [2.05, 4.69) is 18.0 Å². The summed E-state index contributed by atoms with van der Waals surface area (Å²) < 4.78 is 0. The number of para-hydroxylation sites is 1. The van der Waals surface area contributed by atoms with Crippen LogP contribution >= 0.6 is 0 Å². The summed E-state index contributed by atoms with van der Waals surface area (Å²) >= 11 is 0. The summed E-state index contributed by atoms with van der Waals surface area (Å²) in [4.78, 5) is 31.9. The van der Waals surface area contributed by atoms with E-state index in [9.17, 15) is 14.7 Å². The second-order valence-corrected chi connectivity index (χ2v) is 8.12. The first-order valence-corrected chi connectivity index (χ1v) is 10.3. The predicted molar refractivity (Wildman–Crippen MR) is 111 cm³/mol. The molecule has 0 radical (unpaired) electrons. The Hall–Kier alpha value is -3.08. The van der Waals surface area contributed by atoms with E-state index in [1.165, 1.54) is 0 Å². The summed E-state index contributed by atoms with van der Waals surface area (Å²) in [6, 6.07) is 14.2. The number of benzene rings is 2. The van der Waals surface area contributed by atoms with Crippen LogP contribution in [-0.4, -0.2) is 32.7 Å². The number of carbonyl (C=O) groups excluding carboxylic acids is 2. The van der Waals surface area contributed by atoms with Crippen LogP contribution in [0.1, 0.15) is 49.0 Å². The Bertz CT molecular complexity index is 1120. The summed E-state index contributed by atoms with van der Waals surface area (Å²) in [5.41, 5.74) is 3.88. The summed E-state index contributed by atoms with van der Waals surface area (Å²) in [6.07, 6.45) is 2.99. The van der Waals surface area contributed by atoms with Gasteiger partial charge in [0.2, 0.25) is 5.91 Å². The number of aromatic amines is 1. The molecule has 0 spiro atoms. The zero-order chi connectivity index (χ0) is 20.1.